The van der Waals surface area contributed by atoms with E-state index in [1.54, 1.807) is 7.11 Å². The Morgan fingerprint density at radius 1 is 1.38 bits per heavy atom. The van der Waals surface area contributed by atoms with Crippen LogP contribution in [-0.2, 0) is 4.74 Å². The number of ether oxygens (including phenoxy) is 1. The smallest absolute Gasteiger partial charge is 0.317 e. The van der Waals surface area contributed by atoms with Crippen molar-refractivity contribution in [1.29, 1.82) is 0 Å². The quantitative estimate of drug-likeness (QED) is 0.567. The van der Waals surface area contributed by atoms with E-state index in [2.05, 4.69) is 10.6 Å². The highest BCUT2D eigenvalue weighted by molar-refractivity contribution is 5.74. The fraction of sp³-hybridized carbons (Fsp3) is 0.533. The summed E-state index contributed by atoms with van der Waals surface area (Å²) in [7, 11) is 1.62. The number of rotatable bonds is 5. The molecule has 2 amide bonds. The molecule has 1 aliphatic rings. The number of carbonyl (C=O) groups is 1. The Morgan fingerprint density at radius 3 is 2.76 bits per heavy atom. The molecular formula is C15H24N4O2. The van der Waals surface area contributed by atoms with Crippen LogP contribution in [0.4, 0.5) is 16.2 Å². The summed E-state index contributed by atoms with van der Waals surface area (Å²) in [5, 5.41) is 6.31. The lowest BCUT2D eigenvalue weighted by molar-refractivity contribution is 0.171. The third-order valence-electron chi connectivity index (χ3n) is 3.68. The number of nitrogens with zero attached hydrogens (tertiary/aromatic N) is 1. The van der Waals surface area contributed by atoms with Crippen molar-refractivity contribution in [2.24, 2.45) is 0 Å². The molecule has 1 fully saturated rings. The minimum absolute atomic E-state index is 0.00951. The highest BCUT2D eigenvalue weighted by Crippen LogP contribution is 2.21. The Labute approximate surface area is 125 Å². The lowest BCUT2D eigenvalue weighted by Gasteiger charge is -2.33. The van der Waals surface area contributed by atoms with Gasteiger partial charge in [0.15, 0.2) is 0 Å². The molecule has 4 N–H and O–H groups in total. The number of nitrogens with two attached hydrogens (primary N) is 1. The van der Waals surface area contributed by atoms with E-state index in [1.165, 1.54) is 0 Å². The van der Waals surface area contributed by atoms with Crippen molar-refractivity contribution in [3.63, 3.8) is 0 Å². The van der Waals surface area contributed by atoms with E-state index in [0.29, 0.717) is 19.2 Å². The van der Waals surface area contributed by atoms with Gasteiger partial charge in [-0.05, 0) is 25.0 Å². The molecule has 1 aliphatic heterocycles. The summed E-state index contributed by atoms with van der Waals surface area (Å²) in [5.74, 6) is 0. The van der Waals surface area contributed by atoms with E-state index in [-0.39, 0.29) is 6.03 Å². The Kier molecular flexibility index (Phi) is 5.68. The summed E-state index contributed by atoms with van der Waals surface area (Å²) in [6, 6.07) is 8.12. The fourth-order valence-corrected chi connectivity index (χ4v) is 2.45. The zero-order valence-electron chi connectivity index (χ0n) is 12.5. The number of amides is 2. The van der Waals surface area contributed by atoms with Crippen LogP contribution >= 0.6 is 0 Å². The SMILES string of the molecule is COCCNC(=O)N1CCC(Nc2ccccc2N)CC1. The second-order valence-electron chi connectivity index (χ2n) is 5.22. The first-order valence-electron chi connectivity index (χ1n) is 7.33. The van der Waals surface area contributed by atoms with E-state index in [4.69, 9.17) is 10.5 Å². The number of nitrogen functional groups attached to an aromatic ring is 1. The molecule has 116 valence electrons. The second kappa shape index (κ2) is 7.73. The zero-order chi connectivity index (χ0) is 15.1. The standard InChI is InChI=1S/C15H24N4O2/c1-21-11-8-17-15(20)19-9-6-12(7-10-19)18-14-5-3-2-4-13(14)16/h2-5,12,18H,6-11,16H2,1H3,(H,17,20). The molecule has 1 aromatic carbocycles. The molecular weight excluding hydrogens is 268 g/mol. The van der Waals surface area contributed by atoms with Gasteiger partial charge >= 0.3 is 6.03 Å². The summed E-state index contributed by atoms with van der Waals surface area (Å²) in [6.45, 7) is 2.59. The Balaban J connectivity index is 1.75. The Bertz CT molecular complexity index is 459. The van der Waals surface area contributed by atoms with Crippen LogP contribution in [0.2, 0.25) is 0 Å². The van der Waals surface area contributed by atoms with Crippen LogP contribution in [0.15, 0.2) is 24.3 Å². The molecule has 6 heteroatoms. The van der Waals surface area contributed by atoms with Crippen LogP contribution in [0.3, 0.4) is 0 Å². The normalized spacial score (nSPS) is 15.8. The highest BCUT2D eigenvalue weighted by atomic mass is 16.5. The molecule has 1 aromatic rings. The molecule has 0 aromatic heterocycles. The molecule has 0 bridgehead atoms. The van der Waals surface area contributed by atoms with E-state index >= 15 is 0 Å². The summed E-state index contributed by atoms with van der Waals surface area (Å²) in [6.07, 6.45) is 1.85. The number of carbonyl (C=O) groups excluding carboxylic acids is 1. The topological polar surface area (TPSA) is 79.6 Å². The van der Waals surface area contributed by atoms with Crippen molar-refractivity contribution in [2.45, 2.75) is 18.9 Å². The summed E-state index contributed by atoms with van der Waals surface area (Å²) in [4.78, 5) is 13.8. The molecule has 2 rings (SSSR count). The van der Waals surface area contributed by atoms with Crippen LogP contribution in [0.25, 0.3) is 0 Å². The lowest BCUT2D eigenvalue weighted by Crippen LogP contribution is -2.47. The van der Waals surface area contributed by atoms with Gasteiger partial charge in [0.2, 0.25) is 0 Å². The van der Waals surface area contributed by atoms with Crippen molar-refractivity contribution < 1.29 is 9.53 Å². The molecule has 1 saturated heterocycles. The Hall–Kier alpha value is -1.95. The minimum atomic E-state index is -0.00951. The van der Waals surface area contributed by atoms with Crippen molar-refractivity contribution in [3.8, 4) is 0 Å². The van der Waals surface area contributed by atoms with Gasteiger partial charge in [-0.25, -0.2) is 4.79 Å². The summed E-state index contributed by atoms with van der Waals surface area (Å²) < 4.78 is 4.92. The number of likely N-dealkylation sites (tertiary alicyclic amines) is 1. The molecule has 0 aliphatic carbocycles. The number of nitrogens with one attached hydrogen (secondary N) is 2. The van der Waals surface area contributed by atoms with Gasteiger partial charge in [-0.15, -0.1) is 0 Å². The van der Waals surface area contributed by atoms with E-state index in [1.807, 2.05) is 29.2 Å². The van der Waals surface area contributed by atoms with Crippen molar-refractivity contribution in [2.75, 3.05) is 44.4 Å². The first kappa shape index (κ1) is 15.4. The van der Waals surface area contributed by atoms with Crippen molar-refractivity contribution >= 4 is 17.4 Å². The number of anilines is 2. The third-order valence-corrected chi connectivity index (χ3v) is 3.68. The van der Waals surface area contributed by atoms with E-state index in [0.717, 1.165) is 37.3 Å². The average Bonchev–Trinajstić information content (AvgIpc) is 2.50. The third kappa shape index (κ3) is 4.53. The van der Waals surface area contributed by atoms with Gasteiger partial charge in [0.1, 0.15) is 0 Å². The monoisotopic (exact) mass is 292 g/mol. The molecule has 6 nitrogen and oxygen atoms in total. The maximum Gasteiger partial charge on any atom is 0.317 e. The van der Waals surface area contributed by atoms with Crippen molar-refractivity contribution in [1.82, 2.24) is 10.2 Å². The zero-order valence-corrected chi connectivity index (χ0v) is 12.5. The minimum Gasteiger partial charge on any atom is -0.397 e. The predicted molar refractivity (Wildman–Crippen MR) is 84.3 cm³/mol. The van der Waals surface area contributed by atoms with Crippen LogP contribution in [0, 0.1) is 0 Å². The Morgan fingerprint density at radius 2 is 2.10 bits per heavy atom. The number of urea groups is 1. The summed E-state index contributed by atoms with van der Waals surface area (Å²) >= 11 is 0. The van der Waals surface area contributed by atoms with Gasteiger partial charge in [0, 0.05) is 32.8 Å². The molecule has 0 atom stereocenters. The first-order chi connectivity index (χ1) is 10.2. The first-order valence-corrected chi connectivity index (χ1v) is 7.33. The molecule has 0 saturated carbocycles. The highest BCUT2D eigenvalue weighted by Gasteiger charge is 2.22. The van der Waals surface area contributed by atoms with Crippen LogP contribution in [0.5, 0.6) is 0 Å². The number of benzene rings is 1. The molecule has 1 heterocycles. The summed E-state index contributed by atoms with van der Waals surface area (Å²) in [5.41, 5.74) is 7.67. The average molecular weight is 292 g/mol. The van der Waals surface area contributed by atoms with Gasteiger partial charge in [-0.1, -0.05) is 12.1 Å². The number of hydrogen-bond donors (Lipinski definition) is 3. The van der Waals surface area contributed by atoms with Crippen LogP contribution < -0.4 is 16.4 Å². The molecule has 0 radical (unpaired) electrons. The number of piperidine rings is 1. The van der Waals surface area contributed by atoms with E-state index in [9.17, 15) is 4.79 Å². The molecule has 0 unspecified atom stereocenters. The molecule has 21 heavy (non-hydrogen) atoms. The second-order valence-corrected chi connectivity index (χ2v) is 5.22. The van der Waals surface area contributed by atoms with Gasteiger partial charge in [0.25, 0.3) is 0 Å². The van der Waals surface area contributed by atoms with Gasteiger partial charge in [0.05, 0.1) is 18.0 Å². The van der Waals surface area contributed by atoms with Gasteiger partial charge in [-0.3, -0.25) is 0 Å². The van der Waals surface area contributed by atoms with Crippen molar-refractivity contribution in [3.05, 3.63) is 24.3 Å². The maximum atomic E-state index is 11.9. The largest absolute Gasteiger partial charge is 0.397 e. The number of hydrogen-bond acceptors (Lipinski definition) is 4. The lowest BCUT2D eigenvalue weighted by atomic mass is 10.0. The van der Waals surface area contributed by atoms with Crippen LogP contribution in [0.1, 0.15) is 12.8 Å². The maximum absolute atomic E-state index is 11.9. The van der Waals surface area contributed by atoms with E-state index < -0.39 is 0 Å². The number of para-hydroxylation sites is 2. The van der Waals surface area contributed by atoms with Gasteiger partial charge < -0.3 is 26.0 Å². The molecule has 0 spiro atoms. The predicted octanol–water partition coefficient (Wildman–Crippen LogP) is 1.50. The number of methoxy groups -OCH3 is 1. The fourth-order valence-electron chi connectivity index (χ4n) is 2.45. The van der Waals surface area contributed by atoms with Gasteiger partial charge in [-0.2, -0.15) is 0 Å². The van der Waals surface area contributed by atoms with Crippen LogP contribution in [-0.4, -0.2) is 50.3 Å².